The molecule has 0 unspecified atom stereocenters. The Morgan fingerprint density at radius 2 is 1.60 bits per heavy atom. The molecule has 25 heavy (non-hydrogen) atoms. The van der Waals surface area contributed by atoms with E-state index in [2.05, 4.69) is 26.1 Å². The third kappa shape index (κ3) is 4.69. The van der Waals surface area contributed by atoms with Crippen molar-refractivity contribution in [3.8, 4) is 0 Å². The maximum atomic E-state index is 12.6. The molecule has 0 radical (unpaired) electrons. The zero-order valence-electron chi connectivity index (χ0n) is 15.6. The Bertz CT molecular complexity index is 775. The van der Waals surface area contributed by atoms with E-state index < -0.39 is 0 Å². The van der Waals surface area contributed by atoms with Gasteiger partial charge in [-0.25, -0.2) is 0 Å². The highest BCUT2D eigenvalue weighted by molar-refractivity contribution is 6.02. The number of rotatable bonds is 4. The van der Waals surface area contributed by atoms with Crippen LogP contribution < -0.4 is 10.2 Å². The minimum Gasteiger partial charge on any atom is -0.324 e. The summed E-state index contributed by atoms with van der Waals surface area (Å²) in [7, 11) is 0. The predicted molar refractivity (Wildman–Crippen MR) is 103 cm³/mol. The Balaban J connectivity index is 2.22. The topological polar surface area (TPSA) is 49.4 Å². The molecule has 0 aromatic heterocycles. The van der Waals surface area contributed by atoms with Crippen molar-refractivity contribution in [2.75, 3.05) is 16.8 Å². The lowest BCUT2D eigenvalue weighted by Gasteiger charge is -2.25. The molecule has 1 N–H and O–H groups in total. The third-order valence-corrected chi connectivity index (χ3v) is 4.10. The average molecular weight is 338 g/mol. The van der Waals surface area contributed by atoms with E-state index in [-0.39, 0.29) is 23.8 Å². The Kier molecular flexibility index (Phi) is 5.62. The van der Waals surface area contributed by atoms with Crippen molar-refractivity contribution in [2.45, 2.75) is 40.0 Å². The summed E-state index contributed by atoms with van der Waals surface area (Å²) in [6.07, 6.45) is 0. The first-order valence-electron chi connectivity index (χ1n) is 8.43. The summed E-state index contributed by atoms with van der Waals surface area (Å²) in [5, 5.41) is 2.96. The molecule has 0 aliphatic carbocycles. The van der Waals surface area contributed by atoms with Crippen molar-refractivity contribution in [3.63, 3.8) is 0 Å². The zero-order chi connectivity index (χ0) is 18.6. The second-order valence-electron chi connectivity index (χ2n) is 7.24. The molecule has 0 bridgehead atoms. The Morgan fingerprint density at radius 3 is 2.20 bits per heavy atom. The number of benzene rings is 2. The normalized spacial score (nSPS) is 11.1. The van der Waals surface area contributed by atoms with Gasteiger partial charge in [0.1, 0.15) is 6.54 Å². The highest BCUT2D eigenvalue weighted by atomic mass is 16.2. The van der Waals surface area contributed by atoms with Crippen molar-refractivity contribution in [3.05, 3.63) is 59.7 Å². The van der Waals surface area contributed by atoms with Crippen LogP contribution in [0.5, 0.6) is 0 Å². The molecule has 0 saturated heterocycles. The first-order chi connectivity index (χ1) is 11.7. The number of carbonyl (C=O) groups is 2. The second-order valence-corrected chi connectivity index (χ2v) is 7.24. The lowest BCUT2D eigenvalue weighted by atomic mass is 9.86. The molecule has 4 nitrogen and oxygen atoms in total. The van der Waals surface area contributed by atoms with Crippen molar-refractivity contribution in [1.29, 1.82) is 0 Å². The lowest BCUT2D eigenvalue weighted by molar-refractivity contribution is -0.120. The number of hydrogen-bond donors (Lipinski definition) is 1. The maximum Gasteiger partial charge on any atom is 0.244 e. The summed E-state index contributed by atoms with van der Waals surface area (Å²) < 4.78 is 0. The molecule has 0 saturated carbocycles. The number of aryl methyl sites for hydroxylation is 1. The number of para-hydroxylation sites is 2. The fourth-order valence-electron chi connectivity index (χ4n) is 2.81. The smallest absolute Gasteiger partial charge is 0.244 e. The van der Waals surface area contributed by atoms with Gasteiger partial charge in [0, 0.05) is 18.3 Å². The van der Waals surface area contributed by atoms with Crippen molar-refractivity contribution in [2.24, 2.45) is 0 Å². The predicted octanol–water partition coefficient (Wildman–Crippen LogP) is 4.28. The Labute approximate surface area is 149 Å². The molecule has 2 aromatic rings. The van der Waals surface area contributed by atoms with Crippen LogP contribution >= 0.6 is 0 Å². The fourth-order valence-corrected chi connectivity index (χ4v) is 2.81. The molecular formula is C21H26N2O2. The molecule has 2 amide bonds. The van der Waals surface area contributed by atoms with Gasteiger partial charge in [-0.15, -0.1) is 0 Å². The van der Waals surface area contributed by atoms with Gasteiger partial charge in [-0.05, 0) is 35.6 Å². The van der Waals surface area contributed by atoms with Crippen LogP contribution in [0.25, 0.3) is 0 Å². The maximum absolute atomic E-state index is 12.6. The van der Waals surface area contributed by atoms with Crippen LogP contribution in [0.4, 0.5) is 11.4 Å². The van der Waals surface area contributed by atoms with Crippen LogP contribution in [0.2, 0.25) is 0 Å². The average Bonchev–Trinajstić information content (AvgIpc) is 2.52. The van der Waals surface area contributed by atoms with Gasteiger partial charge in [0.05, 0.1) is 0 Å². The molecule has 2 aromatic carbocycles. The molecule has 2 rings (SSSR count). The first kappa shape index (κ1) is 18.7. The summed E-state index contributed by atoms with van der Waals surface area (Å²) in [6, 6.07) is 15.3. The molecule has 0 aliphatic rings. The zero-order valence-corrected chi connectivity index (χ0v) is 15.6. The van der Waals surface area contributed by atoms with Crippen LogP contribution in [-0.2, 0) is 15.0 Å². The van der Waals surface area contributed by atoms with Gasteiger partial charge in [-0.1, -0.05) is 57.2 Å². The monoisotopic (exact) mass is 338 g/mol. The largest absolute Gasteiger partial charge is 0.324 e. The van der Waals surface area contributed by atoms with Crippen LogP contribution in [0.15, 0.2) is 48.5 Å². The van der Waals surface area contributed by atoms with Crippen molar-refractivity contribution < 1.29 is 9.59 Å². The van der Waals surface area contributed by atoms with Gasteiger partial charge in [-0.3, -0.25) is 9.59 Å². The standard InChI is InChI=1S/C21H26N2O2/c1-15-10-6-9-13-19(15)23(16(2)24)14-20(25)22-18-12-8-7-11-17(18)21(3,4)5/h6-13H,14H2,1-5H3,(H,22,25). The summed E-state index contributed by atoms with van der Waals surface area (Å²) in [4.78, 5) is 26.1. The molecule has 0 aliphatic heterocycles. The van der Waals surface area contributed by atoms with Crippen LogP contribution in [-0.4, -0.2) is 18.4 Å². The van der Waals surface area contributed by atoms with E-state index in [0.717, 1.165) is 22.5 Å². The lowest BCUT2D eigenvalue weighted by Crippen LogP contribution is -2.37. The fraction of sp³-hybridized carbons (Fsp3) is 0.333. The number of amides is 2. The van der Waals surface area contributed by atoms with Crippen LogP contribution in [0, 0.1) is 6.92 Å². The van der Waals surface area contributed by atoms with Crippen molar-refractivity contribution in [1.82, 2.24) is 0 Å². The van der Waals surface area contributed by atoms with Gasteiger partial charge in [0.25, 0.3) is 0 Å². The number of carbonyl (C=O) groups excluding carboxylic acids is 2. The number of hydrogen-bond acceptors (Lipinski definition) is 2. The van der Waals surface area contributed by atoms with E-state index in [9.17, 15) is 9.59 Å². The highest BCUT2D eigenvalue weighted by Gasteiger charge is 2.21. The SMILES string of the molecule is CC(=O)N(CC(=O)Nc1ccccc1C(C)(C)C)c1ccccc1C. The van der Waals surface area contributed by atoms with Crippen LogP contribution in [0.1, 0.15) is 38.8 Å². The van der Waals surface area contributed by atoms with E-state index in [4.69, 9.17) is 0 Å². The summed E-state index contributed by atoms with van der Waals surface area (Å²) in [6.45, 7) is 9.70. The number of nitrogens with zero attached hydrogens (tertiary/aromatic N) is 1. The first-order valence-corrected chi connectivity index (χ1v) is 8.43. The van der Waals surface area contributed by atoms with Gasteiger partial charge in [0.2, 0.25) is 11.8 Å². The van der Waals surface area contributed by atoms with Gasteiger partial charge in [0.15, 0.2) is 0 Å². The van der Waals surface area contributed by atoms with E-state index in [1.807, 2.05) is 55.5 Å². The number of anilines is 2. The van der Waals surface area contributed by atoms with E-state index in [0.29, 0.717) is 0 Å². The third-order valence-electron chi connectivity index (χ3n) is 4.10. The number of nitrogens with one attached hydrogen (secondary N) is 1. The van der Waals surface area contributed by atoms with Gasteiger partial charge < -0.3 is 10.2 Å². The van der Waals surface area contributed by atoms with Gasteiger partial charge >= 0.3 is 0 Å². The molecule has 4 heteroatoms. The summed E-state index contributed by atoms with van der Waals surface area (Å²) in [5.41, 5.74) is 3.48. The molecule has 132 valence electrons. The molecule has 0 atom stereocenters. The minimum atomic E-state index is -0.213. The van der Waals surface area contributed by atoms with E-state index in [1.54, 1.807) is 0 Å². The quantitative estimate of drug-likeness (QED) is 0.904. The highest BCUT2D eigenvalue weighted by Crippen LogP contribution is 2.29. The summed E-state index contributed by atoms with van der Waals surface area (Å²) >= 11 is 0. The van der Waals surface area contributed by atoms with Crippen LogP contribution in [0.3, 0.4) is 0 Å². The molecular weight excluding hydrogens is 312 g/mol. The van der Waals surface area contributed by atoms with Gasteiger partial charge in [-0.2, -0.15) is 0 Å². The van der Waals surface area contributed by atoms with E-state index >= 15 is 0 Å². The molecule has 0 heterocycles. The second kappa shape index (κ2) is 7.51. The minimum absolute atomic E-state index is 0.0152. The Hall–Kier alpha value is -2.62. The molecule has 0 fully saturated rings. The summed E-state index contributed by atoms with van der Waals surface area (Å²) in [5.74, 6) is -0.372. The van der Waals surface area contributed by atoms with Crippen molar-refractivity contribution >= 4 is 23.2 Å². The Morgan fingerprint density at radius 1 is 1.00 bits per heavy atom. The van der Waals surface area contributed by atoms with E-state index in [1.165, 1.54) is 11.8 Å². The molecule has 0 spiro atoms.